The average Bonchev–Trinajstić information content (AvgIpc) is 2.84. The van der Waals surface area contributed by atoms with E-state index in [0.717, 1.165) is 28.1 Å². The smallest absolute Gasteiger partial charge is 0.259 e. The van der Waals surface area contributed by atoms with Gasteiger partial charge in [-0.1, -0.05) is 32.6 Å². The zero-order chi connectivity index (χ0) is 18.4. The maximum Gasteiger partial charge on any atom is 0.259 e. The maximum absolute atomic E-state index is 12.2. The third-order valence-electron chi connectivity index (χ3n) is 4.58. The minimum atomic E-state index is -0.105. The Morgan fingerprint density at radius 3 is 2.76 bits per heavy atom. The molecule has 0 radical (unpaired) electrons. The molecule has 0 saturated heterocycles. The van der Waals surface area contributed by atoms with Crippen LogP contribution < -0.4 is 10.9 Å². The number of aryl methyl sites for hydroxylation is 3. The van der Waals surface area contributed by atoms with Gasteiger partial charge in [-0.05, 0) is 32.8 Å². The number of fused-ring (bicyclic) bond motifs is 1. The largest absolute Gasteiger partial charge is 0.354 e. The molecule has 2 aromatic rings. The van der Waals surface area contributed by atoms with Crippen LogP contribution in [0.1, 0.15) is 68.6 Å². The number of H-pyrrole nitrogens is 1. The van der Waals surface area contributed by atoms with Crippen LogP contribution in [0, 0.1) is 13.8 Å². The molecule has 0 fully saturated rings. The van der Waals surface area contributed by atoms with Crippen LogP contribution in [0.15, 0.2) is 4.79 Å². The highest BCUT2D eigenvalue weighted by atomic mass is 32.1. The number of carbonyl (C=O) groups excluding carboxylic acids is 1. The number of thiophene rings is 1. The predicted octanol–water partition coefficient (Wildman–Crippen LogP) is 4.01. The fourth-order valence-electron chi connectivity index (χ4n) is 2.95. The molecule has 1 unspecified atom stereocenters. The van der Waals surface area contributed by atoms with Gasteiger partial charge in [0.25, 0.3) is 5.56 Å². The lowest BCUT2D eigenvalue weighted by molar-refractivity contribution is -0.121. The number of aromatic nitrogens is 2. The molecule has 0 aliphatic heterocycles. The topological polar surface area (TPSA) is 74.8 Å². The summed E-state index contributed by atoms with van der Waals surface area (Å²) in [5, 5.41) is 3.71. The highest BCUT2D eigenvalue weighted by molar-refractivity contribution is 7.18. The molecule has 1 atom stereocenters. The number of hydrogen-bond donors (Lipinski definition) is 2. The Bertz CT molecular complexity index is 779. The molecule has 138 valence electrons. The van der Waals surface area contributed by atoms with E-state index in [1.807, 2.05) is 20.8 Å². The highest BCUT2D eigenvalue weighted by Crippen LogP contribution is 2.25. The molecular formula is C19H29N3O2S. The van der Waals surface area contributed by atoms with E-state index in [1.165, 1.54) is 30.6 Å². The molecule has 2 aromatic heterocycles. The number of nitrogens with zero attached hydrogens (tertiary/aromatic N) is 1. The third-order valence-corrected chi connectivity index (χ3v) is 5.68. The number of carbonyl (C=O) groups is 1. The summed E-state index contributed by atoms with van der Waals surface area (Å²) in [6.45, 7) is 8.18. The van der Waals surface area contributed by atoms with Crippen LogP contribution in [0.3, 0.4) is 0 Å². The molecule has 1 amide bonds. The van der Waals surface area contributed by atoms with Gasteiger partial charge in [0.2, 0.25) is 5.91 Å². The minimum Gasteiger partial charge on any atom is -0.354 e. The normalized spacial score (nSPS) is 12.5. The second-order valence-corrected chi connectivity index (χ2v) is 8.00. The summed E-state index contributed by atoms with van der Waals surface area (Å²) >= 11 is 1.53. The lowest BCUT2D eigenvalue weighted by atomic mass is 10.1. The minimum absolute atomic E-state index is 0.0179. The summed E-state index contributed by atoms with van der Waals surface area (Å²) in [7, 11) is 0. The van der Waals surface area contributed by atoms with Gasteiger partial charge >= 0.3 is 0 Å². The van der Waals surface area contributed by atoms with Crippen molar-refractivity contribution in [3.8, 4) is 0 Å². The fraction of sp³-hybridized carbons (Fsp3) is 0.632. The Morgan fingerprint density at radius 2 is 2.04 bits per heavy atom. The van der Waals surface area contributed by atoms with Crippen LogP contribution >= 0.6 is 11.3 Å². The van der Waals surface area contributed by atoms with E-state index in [-0.39, 0.29) is 17.5 Å². The Kier molecular flexibility index (Phi) is 7.17. The van der Waals surface area contributed by atoms with E-state index in [9.17, 15) is 9.59 Å². The summed E-state index contributed by atoms with van der Waals surface area (Å²) in [6.07, 6.45) is 6.66. The highest BCUT2D eigenvalue weighted by Gasteiger charge is 2.13. The van der Waals surface area contributed by atoms with E-state index in [4.69, 9.17) is 0 Å². The molecule has 0 bridgehead atoms. The zero-order valence-electron chi connectivity index (χ0n) is 15.7. The van der Waals surface area contributed by atoms with E-state index < -0.39 is 0 Å². The van der Waals surface area contributed by atoms with Gasteiger partial charge in [0.1, 0.15) is 10.7 Å². The first-order valence-electron chi connectivity index (χ1n) is 9.20. The molecule has 2 rings (SSSR count). The van der Waals surface area contributed by atoms with Crippen LogP contribution in [0.25, 0.3) is 10.2 Å². The Balaban J connectivity index is 1.87. The van der Waals surface area contributed by atoms with Crippen molar-refractivity contribution < 1.29 is 4.79 Å². The van der Waals surface area contributed by atoms with Gasteiger partial charge in [-0.15, -0.1) is 11.3 Å². The molecule has 0 spiro atoms. The standard InChI is InChI=1S/C19H29N3O2S/c1-5-6-7-8-9-12(2)20-16(23)11-10-15-21-18(24)17-13(3)14(4)25-19(17)22-15/h12H,5-11H2,1-4H3,(H,20,23)(H,21,22,24). The SMILES string of the molecule is CCCCCCC(C)NC(=O)CCc1nc2sc(C)c(C)c2c(=O)[nH]1. The molecule has 25 heavy (non-hydrogen) atoms. The monoisotopic (exact) mass is 363 g/mol. The zero-order valence-corrected chi connectivity index (χ0v) is 16.5. The average molecular weight is 364 g/mol. The second-order valence-electron chi connectivity index (χ2n) is 6.79. The Labute approximate surface area is 153 Å². The van der Waals surface area contributed by atoms with Gasteiger partial charge < -0.3 is 10.3 Å². The van der Waals surface area contributed by atoms with Gasteiger partial charge in [0, 0.05) is 23.8 Å². The first-order valence-corrected chi connectivity index (χ1v) is 10.0. The van der Waals surface area contributed by atoms with E-state index in [1.54, 1.807) is 0 Å². The van der Waals surface area contributed by atoms with Crippen LogP contribution in [-0.4, -0.2) is 21.9 Å². The number of hydrogen-bond acceptors (Lipinski definition) is 4. The van der Waals surface area contributed by atoms with Crippen molar-refractivity contribution in [3.05, 3.63) is 26.6 Å². The quantitative estimate of drug-likeness (QED) is 0.661. The number of aromatic amines is 1. The Hall–Kier alpha value is -1.69. The molecule has 0 aliphatic rings. The van der Waals surface area contributed by atoms with Gasteiger partial charge in [-0.25, -0.2) is 4.98 Å². The van der Waals surface area contributed by atoms with Crippen molar-refractivity contribution in [2.75, 3.05) is 0 Å². The van der Waals surface area contributed by atoms with Crippen LogP contribution in [-0.2, 0) is 11.2 Å². The summed E-state index contributed by atoms with van der Waals surface area (Å²) in [6, 6.07) is 0.196. The predicted molar refractivity (Wildman–Crippen MR) is 104 cm³/mol. The number of unbranched alkanes of at least 4 members (excludes halogenated alkanes) is 3. The van der Waals surface area contributed by atoms with Crippen LogP contribution in [0.5, 0.6) is 0 Å². The maximum atomic E-state index is 12.2. The lowest BCUT2D eigenvalue weighted by Crippen LogP contribution is -2.32. The van der Waals surface area contributed by atoms with Gasteiger partial charge in [0.15, 0.2) is 0 Å². The molecular weight excluding hydrogens is 334 g/mol. The second kappa shape index (κ2) is 9.13. The summed E-state index contributed by atoms with van der Waals surface area (Å²) in [5.74, 6) is 0.605. The van der Waals surface area contributed by atoms with Crippen molar-refractivity contribution in [1.29, 1.82) is 0 Å². The molecule has 0 aliphatic carbocycles. The summed E-state index contributed by atoms with van der Waals surface area (Å²) < 4.78 is 0. The van der Waals surface area contributed by atoms with Crippen LogP contribution in [0.2, 0.25) is 0 Å². The first-order chi connectivity index (χ1) is 11.9. The number of nitrogens with one attached hydrogen (secondary N) is 2. The number of amides is 1. The van der Waals surface area contributed by atoms with Crippen LogP contribution in [0.4, 0.5) is 0 Å². The summed E-state index contributed by atoms with van der Waals surface area (Å²) in [5.41, 5.74) is 0.890. The van der Waals surface area contributed by atoms with E-state index >= 15 is 0 Å². The third kappa shape index (κ3) is 5.39. The van der Waals surface area contributed by atoms with Crippen molar-refractivity contribution in [1.82, 2.24) is 15.3 Å². The van der Waals surface area contributed by atoms with Crippen molar-refractivity contribution in [2.45, 2.75) is 78.7 Å². The first kappa shape index (κ1) is 19.6. The molecule has 0 aromatic carbocycles. The van der Waals surface area contributed by atoms with E-state index in [0.29, 0.717) is 24.1 Å². The fourth-order valence-corrected chi connectivity index (χ4v) is 3.99. The molecule has 2 heterocycles. The van der Waals surface area contributed by atoms with Crippen molar-refractivity contribution >= 4 is 27.5 Å². The van der Waals surface area contributed by atoms with Crippen molar-refractivity contribution in [2.24, 2.45) is 0 Å². The Morgan fingerprint density at radius 1 is 1.28 bits per heavy atom. The van der Waals surface area contributed by atoms with E-state index in [2.05, 4.69) is 22.2 Å². The van der Waals surface area contributed by atoms with Gasteiger partial charge in [0.05, 0.1) is 5.39 Å². The number of rotatable bonds is 9. The van der Waals surface area contributed by atoms with Crippen molar-refractivity contribution in [3.63, 3.8) is 0 Å². The molecule has 0 saturated carbocycles. The molecule has 6 heteroatoms. The van der Waals surface area contributed by atoms with Gasteiger partial charge in [-0.2, -0.15) is 0 Å². The summed E-state index contributed by atoms with van der Waals surface area (Å²) in [4.78, 5) is 33.5. The lowest BCUT2D eigenvalue weighted by Gasteiger charge is -2.13. The van der Waals surface area contributed by atoms with Gasteiger partial charge in [-0.3, -0.25) is 9.59 Å². The molecule has 5 nitrogen and oxygen atoms in total. The molecule has 2 N–H and O–H groups in total.